The number of thiophene rings is 1. The van der Waals surface area contributed by atoms with Gasteiger partial charge in [0.25, 0.3) is 5.91 Å². The Morgan fingerprint density at radius 3 is 2.71 bits per heavy atom. The molecular formula is C18H19FN2O2S. The van der Waals surface area contributed by atoms with Crippen LogP contribution in [0.25, 0.3) is 0 Å². The molecule has 0 saturated heterocycles. The maximum atomic E-state index is 12.9. The molecule has 1 heterocycles. The smallest absolute Gasteiger partial charge is 0.251 e. The summed E-state index contributed by atoms with van der Waals surface area (Å²) in [6, 6.07) is 5.79. The molecule has 1 aliphatic carbocycles. The third-order valence-electron chi connectivity index (χ3n) is 4.29. The van der Waals surface area contributed by atoms with E-state index in [0.29, 0.717) is 22.0 Å². The molecular weight excluding hydrogens is 327 g/mol. The SMILES string of the molecule is C[C@@H]1CCc2c(sc(NC(=O)Cc3ccc(F)cc3)c2C(N)=O)C1. The number of benzene rings is 1. The first-order valence-corrected chi connectivity index (χ1v) is 8.74. The van der Waals surface area contributed by atoms with Gasteiger partial charge < -0.3 is 11.1 Å². The molecule has 0 fully saturated rings. The normalized spacial score (nSPS) is 16.5. The average molecular weight is 346 g/mol. The number of amides is 2. The number of primary amides is 1. The number of nitrogens with one attached hydrogen (secondary N) is 1. The van der Waals surface area contributed by atoms with Crippen LogP contribution in [0.15, 0.2) is 24.3 Å². The van der Waals surface area contributed by atoms with Crippen LogP contribution < -0.4 is 11.1 Å². The van der Waals surface area contributed by atoms with E-state index in [1.165, 1.54) is 23.5 Å². The second-order valence-corrected chi connectivity index (χ2v) is 7.38. The fraction of sp³-hybridized carbons (Fsp3) is 0.333. The van der Waals surface area contributed by atoms with Gasteiger partial charge in [0.15, 0.2) is 0 Å². The lowest BCUT2D eigenvalue weighted by atomic mass is 9.88. The first-order chi connectivity index (χ1) is 11.4. The number of hydrogen-bond acceptors (Lipinski definition) is 3. The highest BCUT2D eigenvalue weighted by atomic mass is 32.1. The Kier molecular flexibility index (Phi) is 4.66. The zero-order chi connectivity index (χ0) is 17.3. The average Bonchev–Trinajstić information content (AvgIpc) is 2.86. The Bertz CT molecular complexity index is 783. The topological polar surface area (TPSA) is 72.2 Å². The molecule has 6 heteroatoms. The van der Waals surface area contributed by atoms with Gasteiger partial charge >= 0.3 is 0 Å². The third kappa shape index (κ3) is 3.48. The molecule has 1 aromatic carbocycles. The number of rotatable bonds is 4. The number of nitrogens with two attached hydrogens (primary N) is 1. The van der Waals surface area contributed by atoms with E-state index in [2.05, 4.69) is 12.2 Å². The first-order valence-electron chi connectivity index (χ1n) is 7.92. The Labute approximate surface area is 143 Å². The van der Waals surface area contributed by atoms with Gasteiger partial charge in [0.1, 0.15) is 10.8 Å². The lowest BCUT2D eigenvalue weighted by Gasteiger charge is -2.18. The van der Waals surface area contributed by atoms with Gasteiger partial charge in [0, 0.05) is 4.88 Å². The van der Waals surface area contributed by atoms with Gasteiger partial charge in [-0.3, -0.25) is 9.59 Å². The predicted octanol–water partition coefficient (Wildman–Crippen LogP) is 3.29. The van der Waals surface area contributed by atoms with Crippen LogP contribution in [0, 0.1) is 11.7 Å². The minimum Gasteiger partial charge on any atom is -0.365 e. The Balaban J connectivity index is 1.80. The van der Waals surface area contributed by atoms with Crippen molar-refractivity contribution in [1.82, 2.24) is 0 Å². The maximum Gasteiger partial charge on any atom is 0.251 e. The first kappa shape index (κ1) is 16.6. The highest BCUT2D eigenvalue weighted by Crippen LogP contribution is 2.39. The van der Waals surface area contributed by atoms with Gasteiger partial charge in [-0.25, -0.2) is 4.39 Å². The minimum atomic E-state index is -0.501. The van der Waals surface area contributed by atoms with Crippen molar-refractivity contribution in [2.45, 2.75) is 32.6 Å². The van der Waals surface area contributed by atoms with Crippen LogP contribution in [0.5, 0.6) is 0 Å². The van der Waals surface area contributed by atoms with Gasteiger partial charge in [0.05, 0.1) is 12.0 Å². The van der Waals surface area contributed by atoms with E-state index in [1.54, 1.807) is 12.1 Å². The lowest BCUT2D eigenvalue weighted by molar-refractivity contribution is -0.115. The molecule has 2 amide bonds. The van der Waals surface area contributed by atoms with Crippen LogP contribution in [0.1, 0.15) is 39.7 Å². The van der Waals surface area contributed by atoms with Crippen molar-refractivity contribution in [2.24, 2.45) is 11.7 Å². The molecule has 126 valence electrons. The molecule has 3 rings (SSSR count). The summed E-state index contributed by atoms with van der Waals surface area (Å²) >= 11 is 1.44. The lowest BCUT2D eigenvalue weighted by Crippen LogP contribution is -2.20. The highest BCUT2D eigenvalue weighted by Gasteiger charge is 2.27. The molecule has 0 unspecified atom stereocenters. The summed E-state index contributed by atoms with van der Waals surface area (Å²) in [7, 11) is 0. The number of anilines is 1. The molecule has 1 aromatic heterocycles. The van der Waals surface area contributed by atoms with E-state index in [9.17, 15) is 14.0 Å². The van der Waals surface area contributed by atoms with Crippen molar-refractivity contribution in [2.75, 3.05) is 5.32 Å². The second kappa shape index (κ2) is 6.73. The molecule has 2 aromatic rings. The van der Waals surface area contributed by atoms with E-state index in [0.717, 1.165) is 29.7 Å². The molecule has 3 N–H and O–H groups in total. The Morgan fingerprint density at radius 2 is 2.04 bits per heavy atom. The van der Waals surface area contributed by atoms with Crippen molar-refractivity contribution < 1.29 is 14.0 Å². The van der Waals surface area contributed by atoms with Crippen molar-refractivity contribution in [1.29, 1.82) is 0 Å². The summed E-state index contributed by atoms with van der Waals surface area (Å²) in [4.78, 5) is 25.3. The van der Waals surface area contributed by atoms with Crippen molar-refractivity contribution >= 4 is 28.2 Å². The summed E-state index contributed by atoms with van der Waals surface area (Å²) in [6.07, 6.45) is 2.87. The predicted molar refractivity (Wildman–Crippen MR) is 92.8 cm³/mol. The zero-order valence-electron chi connectivity index (χ0n) is 13.4. The molecule has 4 nitrogen and oxygen atoms in total. The van der Waals surface area contributed by atoms with E-state index >= 15 is 0 Å². The monoisotopic (exact) mass is 346 g/mol. The van der Waals surface area contributed by atoms with E-state index in [1.807, 2.05) is 0 Å². The number of halogens is 1. The van der Waals surface area contributed by atoms with Crippen LogP contribution in [-0.2, 0) is 24.1 Å². The molecule has 0 bridgehead atoms. The Morgan fingerprint density at radius 1 is 1.33 bits per heavy atom. The highest BCUT2D eigenvalue weighted by molar-refractivity contribution is 7.17. The van der Waals surface area contributed by atoms with Crippen LogP contribution in [-0.4, -0.2) is 11.8 Å². The van der Waals surface area contributed by atoms with Crippen LogP contribution in [0.3, 0.4) is 0 Å². The number of carbonyl (C=O) groups excluding carboxylic acids is 2. The summed E-state index contributed by atoms with van der Waals surface area (Å²) in [5.74, 6) is -0.509. The number of carbonyl (C=O) groups is 2. The molecule has 1 atom stereocenters. The summed E-state index contributed by atoms with van der Waals surface area (Å²) < 4.78 is 12.9. The van der Waals surface area contributed by atoms with Crippen molar-refractivity contribution in [3.8, 4) is 0 Å². The molecule has 24 heavy (non-hydrogen) atoms. The van der Waals surface area contributed by atoms with Crippen LogP contribution in [0.2, 0.25) is 0 Å². The summed E-state index contributed by atoms with van der Waals surface area (Å²) in [6.45, 7) is 2.18. The second-order valence-electron chi connectivity index (χ2n) is 6.27. The number of fused-ring (bicyclic) bond motifs is 1. The fourth-order valence-corrected chi connectivity index (χ4v) is 4.49. The molecule has 0 radical (unpaired) electrons. The van der Waals surface area contributed by atoms with Crippen LogP contribution >= 0.6 is 11.3 Å². The van der Waals surface area contributed by atoms with Crippen LogP contribution in [0.4, 0.5) is 9.39 Å². The third-order valence-corrected chi connectivity index (χ3v) is 5.46. The Hall–Kier alpha value is -2.21. The van der Waals surface area contributed by atoms with Crippen molar-refractivity contribution in [3.63, 3.8) is 0 Å². The number of hydrogen-bond donors (Lipinski definition) is 2. The molecule has 0 aliphatic heterocycles. The molecule has 0 saturated carbocycles. The van der Waals surface area contributed by atoms with E-state index < -0.39 is 5.91 Å². The fourth-order valence-electron chi connectivity index (χ4n) is 3.06. The van der Waals surface area contributed by atoms with Gasteiger partial charge in [-0.2, -0.15) is 0 Å². The zero-order valence-corrected chi connectivity index (χ0v) is 14.2. The maximum absolute atomic E-state index is 12.9. The summed E-state index contributed by atoms with van der Waals surface area (Å²) in [5.41, 5.74) is 7.69. The van der Waals surface area contributed by atoms with Gasteiger partial charge in [-0.15, -0.1) is 11.3 Å². The van der Waals surface area contributed by atoms with Gasteiger partial charge in [0.2, 0.25) is 5.91 Å². The standard InChI is InChI=1S/C18H19FN2O2S/c1-10-2-7-13-14(8-10)24-18(16(13)17(20)23)21-15(22)9-11-3-5-12(19)6-4-11/h3-6,10H,2,7-9H2,1H3,(H2,20,23)(H,21,22)/t10-/m1/s1. The van der Waals surface area contributed by atoms with Crippen molar-refractivity contribution in [3.05, 3.63) is 51.7 Å². The quantitative estimate of drug-likeness (QED) is 0.892. The van der Waals surface area contributed by atoms with Gasteiger partial charge in [-0.1, -0.05) is 19.1 Å². The minimum absolute atomic E-state index is 0.122. The summed E-state index contributed by atoms with van der Waals surface area (Å²) in [5, 5.41) is 3.35. The largest absolute Gasteiger partial charge is 0.365 e. The van der Waals surface area contributed by atoms with E-state index in [-0.39, 0.29) is 18.1 Å². The molecule has 1 aliphatic rings. The van der Waals surface area contributed by atoms with E-state index in [4.69, 9.17) is 5.73 Å². The van der Waals surface area contributed by atoms with Gasteiger partial charge in [-0.05, 0) is 48.4 Å². The molecule has 0 spiro atoms.